The first kappa shape index (κ1) is 10.5. The Morgan fingerprint density at radius 2 is 2.07 bits per heavy atom. The van der Waals surface area contributed by atoms with Gasteiger partial charge in [-0.05, 0) is 38.0 Å². The van der Waals surface area contributed by atoms with Crippen LogP contribution in [-0.2, 0) is 6.54 Å². The van der Waals surface area contributed by atoms with Crippen LogP contribution in [0.25, 0.3) is 0 Å². The van der Waals surface area contributed by atoms with Crippen molar-refractivity contribution in [2.24, 2.45) is 0 Å². The lowest BCUT2D eigenvalue weighted by Crippen LogP contribution is -2.30. The minimum absolute atomic E-state index is 0.0990. The molecule has 0 saturated carbocycles. The van der Waals surface area contributed by atoms with Crippen molar-refractivity contribution in [3.05, 3.63) is 33.8 Å². The zero-order valence-corrected chi connectivity index (χ0v) is 9.93. The third kappa shape index (κ3) is 1.63. The summed E-state index contributed by atoms with van der Waals surface area (Å²) in [5.74, 6) is 0.0990. The molecule has 2 nitrogen and oxygen atoms in total. The summed E-state index contributed by atoms with van der Waals surface area (Å²) in [6.07, 6.45) is 0. The van der Waals surface area contributed by atoms with Crippen LogP contribution in [0.2, 0.25) is 5.02 Å². The molecule has 0 aliphatic carbocycles. The van der Waals surface area contributed by atoms with Gasteiger partial charge in [-0.2, -0.15) is 0 Å². The molecule has 0 N–H and O–H groups in total. The largest absolute Gasteiger partial charge is 0.332 e. The normalized spacial score (nSPS) is 15.0. The standard InChI is InChI=1S/C12H14ClNO/c1-7(2)14-6-9-4-8(3)11(13)5-10(9)12(14)15/h4-5,7H,6H2,1-3H3. The second kappa shape index (κ2) is 3.53. The van der Waals surface area contributed by atoms with Gasteiger partial charge >= 0.3 is 0 Å². The third-order valence-corrected chi connectivity index (χ3v) is 3.25. The van der Waals surface area contributed by atoms with Gasteiger partial charge in [-0.15, -0.1) is 0 Å². The second-order valence-electron chi connectivity index (χ2n) is 4.29. The highest BCUT2D eigenvalue weighted by atomic mass is 35.5. The summed E-state index contributed by atoms with van der Waals surface area (Å²) < 4.78 is 0. The lowest BCUT2D eigenvalue weighted by atomic mass is 10.1. The van der Waals surface area contributed by atoms with Crippen molar-refractivity contribution in [3.8, 4) is 0 Å². The lowest BCUT2D eigenvalue weighted by molar-refractivity contribution is 0.0730. The average Bonchev–Trinajstić information content (AvgIpc) is 2.46. The summed E-state index contributed by atoms with van der Waals surface area (Å²) in [6, 6.07) is 4.04. The van der Waals surface area contributed by atoms with Crippen molar-refractivity contribution in [3.63, 3.8) is 0 Å². The Kier molecular flexibility index (Phi) is 2.47. The maximum atomic E-state index is 12.0. The summed E-state index contributed by atoms with van der Waals surface area (Å²) in [7, 11) is 0. The Bertz CT molecular complexity index is 426. The Hall–Kier alpha value is -1.02. The molecule has 0 fully saturated rings. The molecule has 0 unspecified atom stereocenters. The van der Waals surface area contributed by atoms with Crippen LogP contribution < -0.4 is 0 Å². The summed E-state index contributed by atoms with van der Waals surface area (Å²) >= 11 is 6.01. The summed E-state index contributed by atoms with van der Waals surface area (Å²) in [6.45, 7) is 6.73. The molecule has 0 aromatic heterocycles. The predicted octanol–water partition coefficient (Wildman–Crippen LogP) is 3.01. The maximum Gasteiger partial charge on any atom is 0.254 e. The quantitative estimate of drug-likeness (QED) is 0.717. The molecule has 1 heterocycles. The Morgan fingerprint density at radius 1 is 1.40 bits per heavy atom. The first-order valence-electron chi connectivity index (χ1n) is 5.10. The molecule has 0 bridgehead atoms. The minimum atomic E-state index is 0.0990. The third-order valence-electron chi connectivity index (χ3n) is 2.84. The first-order chi connectivity index (χ1) is 7.00. The molecule has 2 rings (SSSR count). The van der Waals surface area contributed by atoms with E-state index in [-0.39, 0.29) is 11.9 Å². The van der Waals surface area contributed by atoms with Crippen molar-refractivity contribution in [2.45, 2.75) is 33.4 Å². The SMILES string of the molecule is Cc1cc2c(cc1Cl)C(=O)N(C(C)C)C2. The van der Waals surface area contributed by atoms with E-state index in [9.17, 15) is 4.79 Å². The molecular weight excluding hydrogens is 210 g/mol. The molecule has 1 aliphatic rings. The smallest absolute Gasteiger partial charge is 0.254 e. The fourth-order valence-electron chi connectivity index (χ4n) is 1.90. The van der Waals surface area contributed by atoms with E-state index in [2.05, 4.69) is 0 Å². The zero-order chi connectivity index (χ0) is 11.2. The number of hydrogen-bond acceptors (Lipinski definition) is 1. The van der Waals surface area contributed by atoms with Crippen LogP contribution in [0, 0.1) is 6.92 Å². The van der Waals surface area contributed by atoms with Gasteiger partial charge in [0.1, 0.15) is 0 Å². The molecule has 1 aromatic rings. The zero-order valence-electron chi connectivity index (χ0n) is 9.17. The Labute approximate surface area is 94.8 Å². The molecule has 1 aliphatic heterocycles. The molecule has 1 aromatic carbocycles. The number of rotatable bonds is 1. The molecule has 1 amide bonds. The van der Waals surface area contributed by atoms with Gasteiger partial charge in [-0.3, -0.25) is 4.79 Å². The fraction of sp³-hybridized carbons (Fsp3) is 0.417. The second-order valence-corrected chi connectivity index (χ2v) is 4.69. The van der Waals surface area contributed by atoms with Crippen LogP contribution in [-0.4, -0.2) is 16.8 Å². The highest BCUT2D eigenvalue weighted by Crippen LogP contribution is 2.29. The Morgan fingerprint density at radius 3 is 2.67 bits per heavy atom. The van der Waals surface area contributed by atoms with Gasteiger partial charge in [0.25, 0.3) is 5.91 Å². The molecule has 15 heavy (non-hydrogen) atoms. The highest BCUT2D eigenvalue weighted by Gasteiger charge is 2.29. The molecule has 0 saturated heterocycles. The minimum Gasteiger partial charge on any atom is -0.332 e. The van der Waals surface area contributed by atoms with Crippen molar-refractivity contribution >= 4 is 17.5 Å². The lowest BCUT2D eigenvalue weighted by Gasteiger charge is -2.19. The first-order valence-corrected chi connectivity index (χ1v) is 5.48. The highest BCUT2D eigenvalue weighted by molar-refractivity contribution is 6.31. The van der Waals surface area contributed by atoms with Crippen LogP contribution in [0.5, 0.6) is 0 Å². The van der Waals surface area contributed by atoms with E-state index < -0.39 is 0 Å². The van der Waals surface area contributed by atoms with Gasteiger partial charge in [-0.25, -0.2) is 0 Å². The van der Waals surface area contributed by atoms with E-state index in [0.717, 1.165) is 16.7 Å². The van der Waals surface area contributed by atoms with E-state index in [4.69, 9.17) is 11.6 Å². The van der Waals surface area contributed by atoms with Gasteiger partial charge in [0.05, 0.1) is 0 Å². The topological polar surface area (TPSA) is 20.3 Å². The summed E-state index contributed by atoms with van der Waals surface area (Å²) in [4.78, 5) is 13.8. The molecule has 0 spiro atoms. The number of hydrogen-bond donors (Lipinski definition) is 0. The number of amides is 1. The van der Waals surface area contributed by atoms with Crippen LogP contribution in [0.4, 0.5) is 0 Å². The van der Waals surface area contributed by atoms with Gasteiger partial charge in [0, 0.05) is 23.2 Å². The molecule has 80 valence electrons. The average molecular weight is 224 g/mol. The van der Waals surface area contributed by atoms with Crippen LogP contribution in [0.1, 0.15) is 35.3 Å². The number of carbonyl (C=O) groups is 1. The van der Waals surface area contributed by atoms with Crippen molar-refractivity contribution in [2.75, 3.05) is 0 Å². The van der Waals surface area contributed by atoms with E-state index in [1.54, 1.807) is 6.07 Å². The molecule has 3 heteroatoms. The number of halogens is 1. The number of nitrogens with zero attached hydrogens (tertiary/aromatic N) is 1. The molecule has 0 radical (unpaired) electrons. The van der Waals surface area contributed by atoms with Crippen molar-refractivity contribution < 1.29 is 4.79 Å². The number of carbonyl (C=O) groups excluding carboxylic acids is 1. The van der Waals surface area contributed by atoms with E-state index in [1.807, 2.05) is 31.7 Å². The number of fused-ring (bicyclic) bond motifs is 1. The maximum absolute atomic E-state index is 12.0. The molecular formula is C12H14ClNO. The van der Waals surface area contributed by atoms with Crippen molar-refractivity contribution in [1.82, 2.24) is 4.90 Å². The van der Waals surface area contributed by atoms with E-state index in [1.165, 1.54) is 0 Å². The monoisotopic (exact) mass is 223 g/mol. The van der Waals surface area contributed by atoms with Gasteiger partial charge < -0.3 is 4.90 Å². The van der Waals surface area contributed by atoms with Crippen LogP contribution in [0.3, 0.4) is 0 Å². The van der Waals surface area contributed by atoms with Gasteiger partial charge in [0.2, 0.25) is 0 Å². The van der Waals surface area contributed by atoms with Crippen LogP contribution >= 0.6 is 11.6 Å². The predicted molar refractivity (Wildman–Crippen MR) is 61.2 cm³/mol. The number of benzene rings is 1. The van der Waals surface area contributed by atoms with Gasteiger partial charge in [0.15, 0.2) is 0 Å². The molecule has 0 atom stereocenters. The van der Waals surface area contributed by atoms with Gasteiger partial charge in [-0.1, -0.05) is 17.7 Å². The number of aryl methyl sites for hydroxylation is 1. The summed E-state index contributed by atoms with van der Waals surface area (Å²) in [5.41, 5.74) is 2.89. The van der Waals surface area contributed by atoms with E-state index >= 15 is 0 Å². The van der Waals surface area contributed by atoms with E-state index in [0.29, 0.717) is 11.6 Å². The fourth-order valence-corrected chi connectivity index (χ4v) is 2.06. The Balaban J connectivity index is 2.46. The van der Waals surface area contributed by atoms with Crippen LogP contribution in [0.15, 0.2) is 12.1 Å². The summed E-state index contributed by atoms with van der Waals surface area (Å²) in [5, 5.41) is 0.674. The van der Waals surface area contributed by atoms with Crippen molar-refractivity contribution in [1.29, 1.82) is 0 Å².